The third-order valence-corrected chi connectivity index (χ3v) is 5.39. The van der Waals surface area contributed by atoms with E-state index in [0.717, 1.165) is 44.4 Å². The molecule has 0 amide bonds. The van der Waals surface area contributed by atoms with Crippen LogP contribution in [0.3, 0.4) is 0 Å². The van der Waals surface area contributed by atoms with Crippen LogP contribution in [-0.2, 0) is 0 Å². The molecule has 2 heterocycles. The van der Waals surface area contributed by atoms with E-state index >= 15 is 0 Å². The van der Waals surface area contributed by atoms with Gasteiger partial charge in [-0.05, 0) is 64.6 Å². The zero-order valence-electron chi connectivity index (χ0n) is 16.8. The van der Waals surface area contributed by atoms with Crippen LogP contribution < -0.4 is 10.6 Å². The second-order valence-corrected chi connectivity index (χ2v) is 7.97. The molecule has 0 aliphatic carbocycles. The Hall–Kier alpha value is -1.02. The van der Waals surface area contributed by atoms with E-state index < -0.39 is 12.7 Å². The van der Waals surface area contributed by atoms with Crippen molar-refractivity contribution in [2.75, 3.05) is 52.4 Å². The Bertz CT molecular complexity index is 447. The first kappa shape index (κ1) is 22.3. The first-order chi connectivity index (χ1) is 12.9. The number of unbranched alkanes of at least 4 members (excludes halogenated alkanes) is 1. The van der Waals surface area contributed by atoms with Crippen molar-refractivity contribution in [3.05, 3.63) is 0 Å². The highest BCUT2D eigenvalue weighted by molar-refractivity contribution is 5.80. The standard InChI is InChI=1S/C19H36F3N5/c1-3-23-18(25-17-8-13-27(14-17)15-19(20,21)22)24-9-4-5-10-26-11-6-16(2)7-12-26/h16-17H,3-15H2,1-2H3,(H2,23,24,25). The summed E-state index contributed by atoms with van der Waals surface area (Å²) in [4.78, 5) is 8.61. The molecule has 0 bridgehead atoms. The fourth-order valence-corrected chi connectivity index (χ4v) is 3.78. The van der Waals surface area contributed by atoms with Crippen LogP contribution in [0.4, 0.5) is 13.2 Å². The molecule has 2 aliphatic heterocycles. The minimum absolute atomic E-state index is 0.0282. The third-order valence-electron chi connectivity index (χ3n) is 5.39. The van der Waals surface area contributed by atoms with E-state index in [2.05, 4.69) is 27.4 Å². The predicted molar refractivity (Wildman–Crippen MR) is 104 cm³/mol. The van der Waals surface area contributed by atoms with Crippen LogP contribution in [0.2, 0.25) is 0 Å². The molecule has 2 N–H and O–H groups in total. The predicted octanol–water partition coefficient (Wildman–Crippen LogP) is 2.69. The summed E-state index contributed by atoms with van der Waals surface area (Å²) >= 11 is 0. The first-order valence-corrected chi connectivity index (χ1v) is 10.4. The minimum Gasteiger partial charge on any atom is -0.357 e. The molecule has 0 aromatic heterocycles. The van der Waals surface area contributed by atoms with Gasteiger partial charge in [0.05, 0.1) is 6.54 Å². The van der Waals surface area contributed by atoms with Gasteiger partial charge in [-0.15, -0.1) is 0 Å². The molecular weight excluding hydrogens is 355 g/mol. The summed E-state index contributed by atoms with van der Waals surface area (Å²) in [6.45, 7) is 9.45. The van der Waals surface area contributed by atoms with Gasteiger partial charge in [0.25, 0.3) is 0 Å². The summed E-state index contributed by atoms with van der Waals surface area (Å²) in [6, 6.07) is 0.0282. The van der Waals surface area contributed by atoms with Crippen LogP contribution in [-0.4, -0.2) is 80.3 Å². The average molecular weight is 392 g/mol. The van der Waals surface area contributed by atoms with Gasteiger partial charge >= 0.3 is 6.18 Å². The van der Waals surface area contributed by atoms with Crippen molar-refractivity contribution in [3.63, 3.8) is 0 Å². The SMILES string of the molecule is CCNC(=NCCCCN1CCC(C)CC1)NC1CCN(CC(F)(F)F)C1. The number of rotatable bonds is 8. The zero-order chi connectivity index (χ0) is 19.7. The highest BCUT2D eigenvalue weighted by Crippen LogP contribution is 2.20. The maximum atomic E-state index is 12.5. The molecule has 2 rings (SSSR count). The Kier molecular flexibility index (Phi) is 9.15. The molecule has 158 valence electrons. The van der Waals surface area contributed by atoms with Crippen molar-refractivity contribution in [1.29, 1.82) is 0 Å². The number of nitrogens with one attached hydrogen (secondary N) is 2. The van der Waals surface area contributed by atoms with Gasteiger partial charge in [-0.2, -0.15) is 13.2 Å². The largest absolute Gasteiger partial charge is 0.401 e. The number of guanidine groups is 1. The van der Waals surface area contributed by atoms with E-state index in [1.165, 1.54) is 30.8 Å². The van der Waals surface area contributed by atoms with Crippen molar-refractivity contribution >= 4 is 5.96 Å². The maximum absolute atomic E-state index is 12.5. The molecule has 0 spiro atoms. The molecular formula is C19H36F3N5. The Labute approximate surface area is 161 Å². The van der Waals surface area contributed by atoms with Gasteiger partial charge in [-0.3, -0.25) is 9.89 Å². The van der Waals surface area contributed by atoms with Crippen molar-refractivity contribution in [3.8, 4) is 0 Å². The molecule has 2 fully saturated rings. The number of aliphatic imine (C=N–C) groups is 1. The van der Waals surface area contributed by atoms with Crippen LogP contribution in [0, 0.1) is 5.92 Å². The smallest absolute Gasteiger partial charge is 0.357 e. The van der Waals surface area contributed by atoms with E-state index in [1.807, 2.05) is 6.92 Å². The number of halogens is 3. The molecule has 1 atom stereocenters. The van der Waals surface area contributed by atoms with Crippen molar-refractivity contribution in [1.82, 2.24) is 20.4 Å². The Morgan fingerprint density at radius 3 is 2.44 bits per heavy atom. The van der Waals surface area contributed by atoms with Crippen LogP contribution in [0.25, 0.3) is 0 Å². The molecule has 2 aliphatic rings. The molecule has 1 unspecified atom stereocenters. The van der Waals surface area contributed by atoms with Crippen LogP contribution in [0.15, 0.2) is 4.99 Å². The van der Waals surface area contributed by atoms with E-state index in [-0.39, 0.29) is 6.04 Å². The summed E-state index contributed by atoms with van der Waals surface area (Å²) in [5, 5.41) is 6.50. The van der Waals surface area contributed by atoms with Gasteiger partial charge in [0.2, 0.25) is 0 Å². The average Bonchev–Trinajstić information content (AvgIpc) is 3.01. The van der Waals surface area contributed by atoms with Crippen molar-refractivity contribution < 1.29 is 13.2 Å². The topological polar surface area (TPSA) is 42.9 Å². The normalized spacial score (nSPS) is 23.7. The summed E-state index contributed by atoms with van der Waals surface area (Å²) in [5.74, 6) is 1.59. The quantitative estimate of drug-likeness (QED) is 0.379. The molecule has 0 radical (unpaired) electrons. The molecule has 0 aromatic carbocycles. The lowest BCUT2D eigenvalue weighted by molar-refractivity contribution is -0.143. The van der Waals surface area contributed by atoms with Crippen molar-refractivity contribution in [2.45, 2.75) is 58.2 Å². The Balaban J connectivity index is 1.65. The molecule has 2 saturated heterocycles. The second kappa shape index (κ2) is 11.1. The first-order valence-electron chi connectivity index (χ1n) is 10.4. The van der Waals surface area contributed by atoms with E-state index in [1.54, 1.807) is 0 Å². The molecule has 8 heteroatoms. The summed E-state index contributed by atoms with van der Waals surface area (Å²) < 4.78 is 37.5. The third kappa shape index (κ3) is 9.14. The van der Waals surface area contributed by atoms with E-state index in [9.17, 15) is 13.2 Å². The molecule has 0 saturated carbocycles. The molecule has 0 aromatic rings. The minimum atomic E-state index is -4.13. The molecule has 27 heavy (non-hydrogen) atoms. The van der Waals surface area contributed by atoms with Gasteiger partial charge < -0.3 is 15.5 Å². The number of hydrogen-bond acceptors (Lipinski definition) is 3. The number of alkyl halides is 3. The Morgan fingerprint density at radius 1 is 1.07 bits per heavy atom. The highest BCUT2D eigenvalue weighted by Gasteiger charge is 2.34. The zero-order valence-corrected chi connectivity index (χ0v) is 16.8. The summed E-state index contributed by atoms with van der Waals surface area (Å²) in [6.07, 6.45) is 1.38. The monoisotopic (exact) mass is 391 g/mol. The Morgan fingerprint density at radius 2 is 1.78 bits per heavy atom. The number of nitrogens with zero attached hydrogens (tertiary/aromatic N) is 3. The summed E-state index contributed by atoms with van der Waals surface area (Å²) in [7, 11) is 0. The van der Waals surface area contributed by atoms with Gasteiger partial charge in [0, 0.05) is 32.2 Å². The lowest BCUT2D eigenvalue weighted by Crippen LogP contribution is -2.45. The van der Waals surface area contributed by atoms with Gasteiger partial charge in [0.15, 0.2) is 5.96 Å². The highest BCUT2D eigenvalue weighted by atomic mass is 19.4. The van der Waals surface area contributed by atoms with Crippen LogP contribution in [0.5, 0.6) is 0 Å². The van der Waals surface area contributed by atoms with Gasteiger partial charge in [0.1, 0.15) is 0 Å². The van der Waals surface area contributed by atoms with E-state index in [0.29, 0.717) is 19.5 Å². The maximum Gasteiger partial charge on any atom is 0.401 e. The second-order valence-electron chi connectivity index (χ2n) is 7.97. The van der Waals surface area contributed by atoms with Crippen molar-refractivity contribution in [2.24, 2.45) is 10.9 Å². The number of piperidine rings is 1. The number of hydrogen-bond donors (Lipinski definition) is 2. The number of likely N-dealkylation sites (tertiary alicyclic amines) is 2. The van der Waals surface area contributed by atoms with Gasteiger partial charge in [-0.25, -0.2) is 0 Å². The fraction of sp³-hybridized carbons (Fsp3) is 0.947. The van der Waals surface area contributed by atoms with Crippen LogP contribution in [0.1, 0.15) is 46.0 Å². The molecule has 5 nitrogen and oxygen atoms in total. The summed E-state index contributed by atoms with van der Waals surface area (Å²) in [5.41, 5.74) is 0. The van der Waals surface area contributed by atoms with Crippen LogP contribution >= 0.6 is 0 Å². The lowest BCUT2D eigenvalue weighted by atomic mass is 9.99. The van der Waals surface area contributed by atoms with Gasteiger partial charge in [-0.1, -0.05) is 6.92 Å². The lowest BCUT2D eigenvalue weighted by Gasteiger charge is -2.30. The fourth-order valence-electron chi connectivity index (χ4n) is 3.78. The van der Waals surface area contributed by atoms with E-state index in [4.69, 9.17) is 0 Å².